The number of rotatable bonds is 1. The largest absolute Gasteiger partial charge is 0.302 e. The average Bonchev–Trinajstić information content (AvgIpc) is 2.90. The predicted molar refractivity (Wildman–Crippen MR) is 81.7 cm³/mol. The highest BCUT2D eigenvalue weighted by molar-refractivity contribution is 6.10. The number of nitrogens with one attached hydrogen (secondary N) is 1. The van der Waals surface area contributed by atoms with Gasteiger partial charge in [-0.1, -0.05) is 48.5 Å². The lowest BCUT2D eigenvalue weighted by molar-refractivity contribution is -0.129. The zero-order valence-electron chi connectivity index (χ0n) is 12.2. The molecule has 1 heterocycles. The molecule has 0 spiro atoms. The number of benzene rings is 2. The molecule has 4 aliphatic rings. The van der Waals surface area contributed by atoms with E-state index in [2.05, 4.69) is 5.32 Å². The highest BCUT2D eigenvalue weighted by Crippen LogP contribution is 2.61. The summed E-state index contributed by atoms with van der Waals surface area (Å²) in [6, 6.07) is 15.4. The molecule has 0 unspecified atom stereocenters. The maximum Gasteiger partial charge on any atom is 0.232 e. The standard InChI is InChI=1S/C19H13NO3/c21-9-19-12-7-3-1-5-10(12)14(11-6-2-4-8-13(11)19)15-16(19)18(23)20-17(15)22/h1-9,14-16H,(H,20,22,23)/t14?,15-,16+,19?/m1/s1. The molecule has 1 N–H and O–H groups in total. The van der Waals surface area contributed by atoms with E-state index in [1.165, 1.54) is 0 Å². The van der Waals surface area contributed by atoms with Gasteiger partial charge in [-0.05, 0) is 22.3 Å². The molecule has 2 aromatic carbocycles. The van der Waals surface area contributed by atoms with Gasteiger partial charge in [0.25, 0.3) is 0 Å². The van der Waals surface area contributed by atoms with Crippen molar-refractivity contribution in [3.63, 3.8) is 0 Å². The molecule has 1 saturated heterocycles. The minimum Gasteiger partial charge on any atom is -0.302 e. The molecule has 6 rings (SSSR count). The van der Waals surface area contributed by atoms with Crippen LogP contribution in [0.25, 0.3) is 0 Å². The van der Waals surface area contributed by atoms with E-state index >= 15 is 0 Å². The van der Waals surface area contributed by atoms with Crippen LogP contribution < -0.4 is 5.32 Å². The van der Waals surface area contributed by atoms with Gasteiger partial charge in [0.15, 0.2) is 0 Å². The molecule has 0 aromatic heterocycles. The normalized spacial score (nSPS) is 32.8. The number of aldehydes is 1. The van der Waals surface area contributed by atoms with Crippen LogP contribution in [0.15, 0.2) is 48.5 Å². The lowest BCUT2D eigenvalue weighted by Gasteiger charge is -2.51. The summed E-state index contributed by atoms with van der Waals surface area (Å²) in [4.78, 5) is 37.3. The first kappa shape index (κ1) is 12.8. The molecule has 23 heavy (non-hydrogen) atoms. The first-order valence-electron chi connectivity index (χ1n) is 7.70. The molecule has 0 saturated carbocycles. The van der Waals surface area contributed by atoms with Gasteiger partial charge >= 0.3 is 0 Å². The third-order valence-corrected chi connectivity index (χ3v) is 5.71. The Morgan fingerprint density at radius 3 is 2.00 bits per heavy atom. The summed E-state index contributed by atoms with van der Waals surface area (Å²) in [7, 11) is 0. The first-order valence-corrected chi connectivity index (χ1v) is 7.70. The zero-order valence-corrected chi connectivity index (χ0v) is 12.2. The van der Waals surface area contributed by atoms with Gasteiger partial charge in [0.1, 0.15) is 6.29 Å². The van der Waals surface area contributed by atoms with Gasteiger partial charge in [-0.15, -0.1) is 0 Å². The van der Waals surface area contributed by atoms with Crippen molar-refractivity contribution in [3.8, 4) is 0 Å². The third kappa shape index (κ3) is 1.23. The predicted octanol–water partition coefficient (Wildman–Crippen LogP) is 1.52. The highest BCUT2D eigenvalue weighted by atomic mass is 16.2. The van der Waals surface area contributed by atoms with Crippen molar-refractivity contribution in [2.45, 2.75) is 11.3 Å². The fourth-order valence-corrected chi connectivity index (χ4v) is 4.96. The van der Waals surface area contributed by atoms with Gasteiger partial charge in [0.2, 0.25) is 11.8 Å². The maximum atomic E-state index is 12.5. The number of imide groups is 1. The minimum atomic E-state index is -1.07. The van der Waals surface area contributed by atoms with E-state index in [9.17, 15) is 14.4 Å². The molecule has 1 aliphatic heterocycles. The fourth-order valence-electron chi connectivity index (χ4n) is 4.96. The van der Waals surface area contributed by atoms with Crippen molar-refractivity contribution in [2.75, 3.05) is 0 Å². The molecular weight excluding hydrogens is 290 g/mol. The number of hydrogen-bond acceptors (Lipinski definition) is 3. The van der Waals surface area contributed by atoms with Crippen molar-refractivity contribution < 1.29 is 14.4 Å². The van der Waals surface area contributed by atoms with Crippen LogP contribution in [0.1, 0.15) is 28.2 Å². The van der Waals surface area contributed by atoms with Crippen LogP contribution in [0.2, 0.25) is 0 Å². The molecule has 1 fully saturated rings. The number of hydrogen-bond donors (Lipinski definition) is 1. The Labute approximate surface area is 132 Å². The molecule has 4 nitrogen and oxygen atoms in total. The highest BCUT2D eigenvalue weighted by Gasteiger charge is 2.66. The molecule has 2 bridgehead atoms. The molecule has 4 heteroatoms. The van der Waals surface area contributed by atoms with E-state index in [0.717, 1.165) is 28.5 Å². The van der Waals surface area contributed by atoms with Crippen LogP contribution in [0, 0.1) is 11.8 Å². The van der Waals surface area contributed by atoms with E-state index in [1.54, 1.807) is 0 Å². The van der Waals surface area contributed by atoms with E-state index < -0.39 is 17.3 Å². The van der Waals surface area contributed by atoms with Gasteiger partial charge in [-0.3, -0.25) is 14.9 Å². The average molecular weight is 303 g/mol. The Hall–Kier alpha value is -2.75. The zero-order chi connectivity index (χ0) is 15.8. The van der Waals surface area contributed by atoms with Crippen molar-refractivity contribution in [1.82, 2.24) is 5.32 Å². The van der Waals surface area contributed by atoms with Crippen LogP contribution in [-0.2, 0) is 19.8 Å². The van der Waals surface area contributed by atoms with Crippen molar-refractivity contribution in [3.05, 3.63) is 70.8 Å². The summed E-state index contributed by atoms with van der Waals surface area (Å²) in [6.45, 7) is 0. The van der Waals surface area contributed by atoms with Crippen molar-refractivity contribution in [1.29, 1.82) is 0 Å². The molecule has 112 valence electrons. The monoisotopic (exact) mass is 303 g/mol. The van der Waals surface area contributed by atoms with Crippen LogP contribution in [0.5, 0.6) is 0 Å². The number of carbonyl (C=O) groups excluding carboxylic acids is 3. The van der Waals surface area contributed by atoms with Gasteiger partial charge in [-0.2, -0.15) is 0 Å². The van der Waals surface area contributed by atoms with E-state index in [4.69, 9.17) is 0 Å². The van der Waals surface area contributed by atoms with Gasteiger partial charge in [0.05, 0.1) is 17.3 Å². The van der Waals surface area contributed by atoms with Crippen molar-refractivity contribution >= 4 is 18.1 Å². The summed E-state index contributed by atoms with van der Waals surface area (Å²) in [5, 5.41) is 2.45. The SMILES string of the molecule is O=CC12c3ccccc3C(c3ccccc31)[C@H]1C(=O)NC(=O)[C@H]12. The quantitative estimate of drug-likeness (QED) is 0.642. The third-order valence-electron chi connectivity index (χ3n) is 5.71. The van der Waals surface area contributed by atoms with Crippen LogP contribution in [0.4, 0.5) is 0 Å². The lowest BCUT2D eigenvalue weighted by Crippen LogP contribution is -2.54. The van der Waals surface area contributed by atoms with Gasteiger partial charge in [-0.25, -0.2) is 0 Å². The molecule has 2 amide bonds. The van der Waals surface area contributed by atoms with E-state index in [-0.39, 0.29) is 17.7 Å². The van der Waals surface area contributed by atoms with Gasteiger partial charge in [0, 0.05) is 5.92 Å². The fraction of sp³-hybridized carbons (Fsp3) is 0.211. The van der Waals surface area contributed by atoms with E-state index in [0.29, 0.717) is 0 Å². The maximum absolute atomic E-state index is 12.5. The summed E-state index contributed by atoms with van der Waals surface area (Å²) in [6.07, 6.45) is 0.871. The lowest BCUT2D eigenvalue weighted by atomic mass is 9.48. The number of amides is 2. The van der Waals surface area contributed by atoms with Crippen LogP contribution in [0.3, 0.4) is 0 Å². The summed E-state index contributed by atoms with van der Waals surface area (Å²) >= 11 is 0. The Morgan fingerprint density at radius 1 is 0.870 bits per heavy atom. The molecule has 3 aliphatic carbocycles. The van der Waals surface area contributed by atoms with E-state index in [1.807, 2.05) is 48.5 Å². The first-order chi connectivity index (χ1) is 11.2. The second-order valence-electron chi connectivity index (χ2n) is 6.50. The Balaban J connectivity index is 1.97. The van der Waals surface area contributed by atoms with Gasteiger partial charge < -0.3 is 4.79 Å². The minimum absolute atomic E-state index is 0.166. The Morgan fingerprint density at radius 2 is 1.43 bits per heavy atom. The molecular formula is C19H13NO3. The molecule has 0 radical (unpaired) electrons. The smallest absolute Gasteiger partial charge is 0.232 e. The summed E-state index contributed by atoms with van der Waals surface area (Å²) in [5.41, 5.74) is 2.64. The number of carbonyl (C=O) groups is 3. The Bertz CT molecular complexity index is 853. The second kappa shape index (κ2) is 3.96. The summed E-state index contributed by atoms with van der Waals surface area (Å²) in [5.74, 6) is -1.91. The van der Waals surface area contributed by atoms with Crippen molar-refractivity contribution in [2.24, 2.45) is 11.8 Å². The Kier molecular flexibility index (Phi) is 2.20. The molecule has 2 atom stereocenters. The second-order valence-corrected chi connectivity index (χ2v) is 6.50. The van der Waals surface area contributed by atoms with Crippen LogP contribution in [-0.4, -0.2) is 18.1 Å². The summed E-state index contributed by atoms with van der Waals surface area (Å²) < 4.78 is 0. The van der Waals surface area contributed by atoms with Crippen LogP contribution >= 0.6 is 0 Å². The molecule has 2 aromatic rings. The topological polar surface area (TPSA) is 63.2 Å².